The first-order valence-electron chi connectivity index (χ1n) is 4.29. The van der Waals surface area contributed by atoms with E-state index >= 15 is 0 Å². The molecule has 1 aliphatic carbocycles. The molecule has 1 saturated carbocycles. The molecule has 0 atom stereocenters. The van der Waals surface area contributed by atoms with E-state index in [-0.39, 0.29) is 5.56 Å². The third-order valence-corrected chi connectivity index (χ3v) is 3.68. The molecule has 1 heterocycles. The number of carboxylic acids is 1. The lowest BCUT2D eigenvalue weighted by Crippen LogP contribution is -2.36. The Morgan fingerprint density at radius 2 is 2.20 bits per heavy atom. The topological polar surface area (TPSA) is 59.3 Å². The minimum absolute atomic E-state index is 0.282. The minimum Gasteiger partial charge on any atom is -0.479 e. The van der Waals surface area contributed by atoms with Crippen LogP contribution in [0.5, 0.6) is 0 Å². The molecule has 0 unspecified atom stereocenters. The standard InChI is InChI=1S/C9H7BrINO3/c10-6-3-5(11)4-12(7(6)13)9(1-2-9)8(14)15/h3-4H,1-2H2,(H,14,15). The molecule has 6 heteroatoms. The molecule has 1 aromatic rings. The van der Waals surface area contributed by atoms with E-state index in [9.17, 15) is 9.59 Å². The lowest BCUT2D eigenvalue weighted by molar-refractivity contribution is -0.142. The van der Waals surface area contributed by atoms with Gasteiger partial charge < -0.3 is 5.11 Å². The normalized spacial score (nSPS) is 17.5. The first-order chi connectivity index (χ1) is 6.97. The molecule has 15 heavy (non-hydrogen) atoms. The van der Waals surface area contributed by atoms with Gasteiger partial charge in [-0.05, 0) is 57.4 Å². The van der Waals surface area contributed by atoms with Crippen LogP contribution in [0.1, 0.15) is 12.8 Å². The molecular formula is C9H7BrINO3. The average Bonchev–Trinajstić information content (AvgIpc) is 2.91. The Morgan fingerprint density at radius 1 is 1.60 bits per heavy atom. The predicted octanol–water partition coefficient (Wildman–Crippen LogP) is 1.79. The molecule has 1 aromatic heterocycles. The van der Waals surface area contributed by atoms with Crippen molar-refractivity contribution in [3.63, 3.8) is 0 Å². The summed E-state index contributed by atoms with van der Waals surface area (Å²) in [7, 11) is 0. The third-order valence-electron chi connectivity index (χ3n) is 2.52. The van der Waals surface area contributed by atoms with E-state index in [0.29, 0.717) is 17.3 Å². The van der Waals surface area contributed by atoms with E-state index in [1.807, 2.05) is 0 Å². The second kappa shape index (κ2) is 3.58. The van der Waals surface area contributed by atoms with Gasteiger partial charge in [0.05, 0.1) is 4.47 Å². The van der Waals surface area contributed by atoms with Crippen LogP contribution < -0.4 is 5.56 Å². The Balaban J connectivity index is 2.64. The molecule has 1 N–H and O–H groups in total. The molecular weight excluding hydrogens is 377 g/mol. The zero-order valence-corrected chi connectivity index (χ0v) is 11.3. The molecule has 0 spiro atoms. The van der Waals surface area contributed by atoms with Crippen LogP contribution in [-0.2, 0) is 10.3 Å². The van der Waals surface area contributed by atoms with Crippen molar-refractivity contribution < 1.29 is 9.90 Å². The zero-order chi connectivity index (χ0) is 11.2. The molecule has 0 saturated heterocycles. The lowest BCUT2D eigenvalue weighted by atomic mass is 10.2. The second-order valence-electron chi connectivity index (χ2n) is 3.52. The number of hydrogen-bond acceptors (Lipinski definition) is 2. The van der Waals surface area contributed by atoms with Gasteiger partial charge in [0.15, 0.2) is 0 Å². The summed E-state index contributed by atoms with van der Waals surface area (Å²) in [6.45, 7) is 0. The van der Waals surface area contributed by atoms with Crippen LogP contribution >= 0.6 is 38.5 Å². The van der Waals surface area contributed by atoms with E-state index in [4.69, 9.17) is 5.11 Å². The van der Waals surface area contributed by atoms with Crippen molar-refractivity contribution in [2.75, 3.05) is 0 Å². The van der Waals surface area contributed by atoms with Gasteiger partial charge in [-0.25, -0.2) is 4.79 Å². The Kier molecular flexibility index (Phi) is 2.66. The smallest absolute Gasteiger partial charge is 0.330 e. The van der Waals surface area contributed by atoms with Crippen LogP contribution in [0.25, 0.3) is 0 Å². The maximum absolute atomic E-state index is 11.8. The predicted molar refractivity (Wildman–Crippen MR) is 66.0 cm³/mol. The van der Waals surface area contributed by atoms with Crippen LogP contribution in [-0.4, -0.2) is 15.6 Å². The monoisotopic (exact) mass is 383 g/mol. The summed E-state index contributed by atoms with van der Waals surface area (Å²) in [6.07, 6.45) is 2.64. The first kappa shape index (κ1) is 11.1. The number of halogens is 2. The van der Waals surface area contributed by atoms with Crippen molar-refractivity contribution in [1.82, 2.24) is 4.57 Å². The molecule has 0 aromatic carbocycles. The van der Waals surface area contributed by atoms with Crippen molar-refractivity contribution in [3.05, 3.63) is 30.7 Å². The number of carboxylic acid groups (broad SMARTS) is 1. The number of nitrogens with zero attached hydrogens (tertiary/aromatic N) is 1. The molecule has 1 aliphatic rings. The van der Waals surface area contributed by atoms with Crippen molar-refractivity contribution >= 4 is 44.5 Å². The Labute approximate surface area is 108 Å². The van der Waals surface area contributed by atoms with E-state index in [2.05, 4.69) is 38.5 Å². The van der Waals surface area contributed by atoms with Gasteiger partial charge in [0, 0.05) is 9.77 Å². The maximum atomic E-state index is 11.8. The van der Waals surface area contributed by atoms with E-state index < -0.39 is 11.5 Å². The first-order valence-corrected chi connectivity index (χ1v) is 6.16. The molecule has 0 amide bonds. The number of hydrogen-bond donors (Lipinski definition) is 1. The number of carbonyl (C=O) groups is 1. The van der Waals surface area contributed by atoms with E-state index in [0.717, 1.165) is 3.57 Å². The number of aromatic nitrogens is 1. The quantitative estimate of drug-likeness (QED) is 0.792. The fourth-order valence-electron chi connectivity index (χ4n) is 1.51. The lowest BCUT2D eigenvalue weighted by Gasteiger charge is -2.14. The fourth-order valence-corrected chi connectivity index (χ4v) is 2.97. The second-order valence-corrected chi connectivity index (χ2v) is 5.62. The Morgan fingerprint density at radius 3 is 2.67 bits per heavy atom. The molecule has 0 bridgehead atoms. The van der Waals surface area contributed by atoms with Gasteiger partial charge >= 0.3 is 5.97 Å². The number of aliphatic carboxylic acids is 1. The highest BCUT2D eigenvalue weighted by Gasteiger charge is 2.53. The van der Waals surface area contributed by atoms with Gasteiger partial charge in [0.25, 0.3) is 5.56 Å². The number of rotatable bonds is 2. The highest BCUT2D eigenvalue weighted by molar-refractivity contribution is 14.1. The molecule has 2 rings (SSSR count). The van der Waals surface area contributed by atoms with Gasteiger partial charge in [0.2, 0.25) is 0 Å². The van der Waals surface area contributed by atoms with E-state index in [1.165, 1.54) is 4.57 Å². The number of pyridine rings is 1. The summed E-state index contributed by atoms with van der Waals surface area (Å²) < 4.78 is 2.56. The summed E-state index contributed by atoms with van der Waals surface area (Å²) in [5, 5.41) is 9.09. The van der Waals surface area contributed by atoms with Gasteiger partial charge in [0.1, 0.15) is 5.54 Å². The SMILES string of the molecule is O=C(O)C1(n2cc(I)cc(Br)c2=O)CC1. The van der Waals surface area contributed by atoms with Gasteiger partial charge in [-0.3, -0.25) is 9.36 Å². The zero-order valence-electron chi connectivity index (χ0n) is 7.54. The van der Waals surface area contributed by atoms with Crippen LogP contribution in [0.15, 0.2) is 21.5 Å². The van der Waals surface area contributed by atoms with Gasteiger partial charge in [-0.1, -0.05) is 0 Å². The fraction of sp³-hybridized carbons (Fsp3) is 0.333. The van der Waals surface area contributed by atoms with Crippen molar-refractivity contribution in [3.8, 4) is 0 Å². The molecule has 80 valence electrons. The van der Waals surface area contributed by atoms with Crippen molar-refractivity contribution in [1.29, 1.82) is 0 Å². The molecule has 1 fully saturated rings. The summed E-state index contributed by atoms with van der Waals surface area (Å²) in [4.78, 5) is 22.8. The summed E-state index contributed by atoms with van der Waals surface area (Å²) in [5.74, 6) is -0.932. The summed E-state index contributed by atoms with van der Waals surface area (Å²) >= 11 is 5.19. The molecule has 0 aliphatic heterocycles. The van der Waals surface area contributed by atoms with Gasteiger partial charge in [-0.15, -0.1) is 0 Å². The van der Waals surface area contributed by atoms with Crippen LogP contribution in [0.2, 0.25) is 0 Å². The largest absolute Gasteiger partial charge is 0.479 e. The van der Waals surface area contributed by atoms with Crippen molar-refractivity contribution in [2.45, 2.75) is 18.4 Å². The van der Waals surface area contributed by atoms with Crippen molar-refractivity contribution in [2.24, 2.45) is 0 Å². The Bertz CT molecular complexity index is 493. The molecule has 0 radical (unpaired) electrons. The Hall–Kier alpha value is -0.370. The summed E-state index contributed by atoms with van der Waals surface area (Å²) in [5.41, 5.74) is -1.28. The van der Waals surface area contributed by atoms with Crippen LogP contribution in [0.3, 0.4) is 0 Å². The van der Waals surface area contributed by atoms with Crippen LogP contribution in [0.4, 0.5) is 0 Å². The molecule has 4 nitrogen and oxygen atoms in total. The summed E-state index contributed by atoms with van der Waals surface area (Å²) in [6, 6.07) is 1.68. The van der Waals surface area contributed by atoms with E-state index in [1.54, 1.807) is 12.3 Å². The van der Waals surface area contributed by atoms with Gasteiger partial charge in [-0.2, -0.15) is 0 Å². The minimum atomic E-state index is -0.999. The third kappa shape index (κ3) is 1.73. The maximum Gasteiger partial charge on any atom is 0.330 e. The van der Waals surface area contributed by atoms with Crippen LogP contribution in [0, 0.1) is 3.57 Å². The highest BCUT2D eigenvalue weighted by Crippen LogP contribution is 2.43. The average molecular weight is 384 g/mol. The highest BCUT2D eigenvalue weighted by atomic mass is 127.